The number of rotatable bonds is 9. The SMILES string of the molecule is O=C(CSc1nc2ccccc2c(=O)n1CC1CCC(C(=O)NCc2ccco2)CC1)c1ccccc1. The van der Waals surface area contributed by atoms with Crippen molar-refractivity contribution in [2.75, 3.05) is 5.75 Å². The van der Waals surface area contributed by atoms with E-state index in [1.54, 1.807) is 35.1 Å². The van der Waals surface area contributed by atoms with E-state index in [0.717, 1.165) is 31.4 Å². The van der Waals surface area contributed by atoms with Gasteiger partial charge in [0.15, 0.2) is 10.9 Å². The number of thioether (sulfide) groups is 1. The maximum absolute atomic E-state index is 13.5. The van der Waals surface area contributed by atoms with Crippen LogP contribution in [0, 0.1) is 11.8 Å². The lowest BCUT2D eigenvalue weighted by Gasteiger charge is -2.28. The molecule has 1 N–H and O–H groups in total. The maximum atomic E-state index is 13.5. The molecule has 0 atom stereocenters. The van der Waals surface area contributed by atoms with E-state index >= 15 is 0 Å². The number of fused-ring (bicyclic) bond motifs is 1. The Kier molecular flexibility index (Phi) is 7.84. The number of hydrogen-bond acceptors (Lipinski definition) is 6. The van der Waals surface area contributed by atoms with Gasteiger partial charge in [-0.05, 0) is 55.9 Å². The van der Waals surface area contributed by atoms with E-state index in [9.17, 15) is 14.4 Å². The lowest BCUT2D eigenvalue weighted by atomic mass is 9.81. The monoisotopic (exact) mass is 515 g/mol. The van der Waals surface area contributed by atoms with E-state index in [2.05, 4.69) is 5.32 Å². The Morgan fingerprint density at radius 2 is 1.73 bits per heavy atom. The van der Waals surface area contributed by atoms with Gasteiger partial charge >= 0.3 is 0 Å². The summed E-state index contributed by atoms with van der Waals surface area (Å²) in [6.45, 7) is 0.922. The van der Waals surface area contributed by atoms with Crippen molar-refractivity contribution in [3.8, 4) is 0 Å². The first-order valence-electron chi connectivity index (χ1n) is 12.6. The average Bonchev–Trinajstić information content (AvgIpc) is 3.47. The van der Waals surface area contributed by atoms with Gasteiger partial charge in [-0.25, -0.2) is 4.98 Å². The molecule has 190 valence electrons. The van der Waals surface area contributed by atoms with E-state index in [1.165, 1.54) is 11.8 Å². The summed E-state index contributed by atoms with van der Waals surface area (Å²) in [6, 6.07) is 20.1. The summed E-state index contributed by atoms with van der Waals surface area (Å²) in [4.78, 5) is 43.6. The number of ketones is 1. The van der Waals surface area contributed by atoms with Crippen LogP contribution < -0.4 is 10.9 Å². The number of nitrogens with one attached hydrogen (secondary N) is 1. The van der Waals surface area contributed by atoms with E-state index in [-0.39, 0.29) is 34.8 Å². The maximum Gasteiger partial charge on any atom is 0.262 e. The van der Waals surface area contributed by atoms with Gasteiger partial charge in [0.05, 0.1) is 29.5 Å². The van der Waals surface area contributed by atoms with Crippen molar-refractivity contribution in [3.63, 3.8) is 0 Å². The van der Waals surface area contributed by atoms with Crippen molar-refractivity contribution in [1.82, 2.24) is 14.9 Å². The number of para-hydroxylation sites is 1. The smallest absolute Gasteiger partial charge is 0.262 e. The fourth-order valence-corrected chi connectivity index (χ4v) is 5.76. The van der Waals surface area contributed by atoms with E-state index in [1.807, 2.05) is 42.5 Å². The first-order valence-corrected chi connectivity index (χ1v) is 13.6. The molecule has 0 spiro atoms. The second-order valence-electron chi connectivity index (χ2n) is 9.42. The van der Waals surface area contributed by atoms with Crippen LogP contribution in [0.1, 0.15) is 41.8 Å². The first kappa shape index (κ1) is 25.0. The summed E-state index contributed by atoms with van der Waals surface area (Å²) in [5.41, 5.74) is 1.20. The van der Waals surface area contributed by atoms with Crippen molar-refractivity contribution in [3.05, 3.63) is 94.7 Å². The summed E-state index contributed by atoms with van der Waals surface area (Å²) in [6.07, 6.45) is 4.86. The molecule has 1 fully saturated rings. The third-order valence-corrected chi connectivity index (χ3v) is 7.91. The second kappa shape index (κ2) is 11.6. The third kappa shape index (κ3) is 6.02. The van der Waals surface area contributed by atoms with Crippen molar-refractivity contribution < 1.29 is 14.0 Å². The Morgan fingerprint density at radius 3 is 2.49 bits per heavy atom. The second-order valence-corrected chi connectivity index (χ2v) is 10.4. The molecule has 1 saturated carbocycles. The number of aromatic nitrogens is 2. The summed E-state index contributed by atoms with van der Waals surface area (Å²) in [5.74, 6) is 1.22. The normalized spacial score (nSPS) is 17.5. The number of benzene rings is 2. The van der Waals surface area contributed by atoms with Crippen molar-refractivity contribution in [2.45, 2.75) is 43.9 Å². The van der Waals surface area contributed by atoms with Gasteiger partial charge in [0, 0.05) is 18.0 Å². The highest BCUT2D eigenvalue weighted by Gasteiger charge is 2.27. The number of amides is 1. The highest BCUT2D eigenvalue weighted by Crippen LogP contribution is 2.31. The van der Waals surface area contributed by atoms with E-state index < -0.39 is 0 Å². The molecule has 7 nitrogen and oxygen atoms in total. The van der Waals surface area contributed by atoms with Crippen LogP contribution in [0.5, 0.6) is 0 Å². The van der Waals surface area contributed by atoms with E-state index in [4.69, 9.17) is 9.40 Å². The molecule has 4 aromatic rings. The molecule has 1 aliphatic carbocycles. The fourth-order valence-electron chi connectivity index (χ4n) is 4.85. The Morgan fingerprint density at radius 1 is 0.973 bits per heavy atom. The molecule has 37 heavy (non-hydrogen) atoms. The molecule has 1 aliphatic rings. The Labute approximate surface area is 219 Å². The highest BCUT2D eigenvalue weighted by atomic mass is 32.2. The number of hydrogen-bond donors (Lipinski definition) is 1. The summed E-state index contributed by atoms with van der Waals surface area (Å²) in [5, 5.41) is 4.10. The van der Waals surface area contributed by atoms with Gasteiger partial charge in [0.1, 0.15) is 5.76 Å². The van der Waals surface area contributed by atoms with Gasteiger partial charge in [-0.3, -0.25) is 19.0 Å². The minimum Gasteiger partial charge on any atom is -0.467 e. The minimum atomic E-state index is -0.0847. The largest absolute Gasteiger partial charge is 0.467 e. The van der Waals surface area contributed by atoms with Crippen molar-refractivity contribution >= 4 is 34.4 Å². The Hall–Kier alpha value is -3.65. The van der Waals surface area contributed by atoms with Crippen LogP contribution in [-0.4, -0.2) is 27.0 Å². The topological polar surface area (TPSA) is 94.2 Å². The summed E-state index contributed by atoms with van der Waals surface area (Å²) >= 11 is 1.31. The van der Waals surface area contributed by atoms with Crippen LogP contribution in [0.25, 0.3) is 10.9 Å². The molecular weight excluding hydrogens is 486 g/mol. The van der Waals surface area contributed by atoms with Crippen LogP contribution >= 0.6 is 11.8 Å². The molecule has 0 bridgehead atoms. The molecule has 2 heterocycles. The molecule has 8 heteroatoms. The van der Waals surface area contributed by atoms with Gasteiger partial charge < -0.3 is 9.73 Å². The predicted molar refractivity (Wildman–Crippen MR) is 144 cm³/mol. The zero-order valence-electron chi connectivity index (χ0n) is 20.5. The highest BCUT2D eigenvalue weighted by molar-refractivity contribution is 7.99. The molecule has 0 unspecified atom stereocenters. The summed E-state index contributed by atoms with van der Waals surface area (Å²) in [7, 11) is 0. The number of nitrogens with zero attached hydrogens (tertiary/aromatic N) is 2. The van der Waals surface area contributed by atoms with Crippen LogP contribution in [-0.2, 0) is 17.9 Å². The van der Waals surface area contributed by atoms with Crippen LogP contribution in [0.4, 0.5) is 0 Å². The molecule has 0 radical (unpaired) electrons. The molecule has 5 rings (SSSR count). The average molecular weight is 516 g/mol. The van der Waals surface area contributed by atoms with Crippen LogP contribution in [0.15, 0.2) is 87.4 Å². The standard InChI is InChI=1S/C29H29N3O4S/c33-26(21-7-2-1-3-8-21)19-37-29-31-25-11-5-4-10-24(25)28(35)32(29)18-20-12-14-22(15-13-20)27(34)30-17-23-9-6-16-36-23/h1-11,16,20,22H,12-15,17-19H2,(H,30,34). The Bertz CT molecular complexity index is 1420. The zero-order chi connectivity index (χ0) is 25.6. The van der Waals surface area contributed by atoms with Crippen LogP contribution in [0.2, 0.25) is 0 Å². The van der Waals surface area contributed by atoms with Gasteiger partial charge in [-0.2, -0.15) is 0 Å². The number of furan rings is 1. The van der Waals surface area contributed by atoms with Gasteiger partial charge in [-0.15, -0.1) is 0 Å². The van der Waals surface area contributed by atoms with E-state index in [0.29, 0.717) is 34.7 Å². The molecular formula is C29H29N3O4S. The number of carbonyl (C=O) groups excluding carboxylic acids is 2. The molecule has 2 aromatic carbocycles. The van der Waals surface area contributed by atoms with Gasteiger partial charge in [0.2, 0.25) is 5.91 Å². The summed E-state index contributed by atoms with van der Waals surface area (Å²) < 4.78 is 7.02. The van der Waals surface area contributed by atoms with Crippen LogP contribution in [0.3, 0.4) is 0 Å². The van der Waals surface area contributed by atoms with Crippen molar-refractivity contribution in [1.29, 1.82) is 0 Å². The molecule has 2 aromatic heterocycles. The molecule has 1 amide bonds. The lowest BCUT2D eigenvalue weighted by molar-refractivity contribution is -0.126. The zero-order valence-corrected chi connectivity index (χ0v) is 21.3. The van der Waals surface area contributed by atoms with Crippen molar-refractivity contribution in [2.24, 2.45) is 11.8 Å². The molecule has 0 saturated heterocycles. The predicted octanol–water partition coefficient (Wildman–Crippen LogP) is 5.09. The van der Waals surface area contributed by atoms with Gasteiger partial charge in [-0.1, -0.05) is 54.2 Å². The Balaban J connectivity index is 1.27. The fraction of sp³-hybridized carbons (Fsp3) is 0.310. The number of carbonyl (C=O) groups is 2. The minimum absolute atomic E-state index is 0.000580. The lowest BCUT2D eigenvalue weighted by Crippen LogP contribution is -2.34. The number of Topliss-reactive ketones (excluding diaryl/α,β-unsaturated/α-hetero) is 1. The van der Waals surface area contributed by atoms with Gasteiger partial charge in [0.25, 0.3) is 5.56 Å². The quantitative estimate of drug-likeness (QED) is 0.190. The first-order chi connectivity index (χ1) is 18.1. The molecule has 0 aliphatic heterocycles. The third-order valence-electron chi connectivity index (χ3n) is 6.93.